The van der Waals surface area contributed by atoms with Crippen LogP contribution in [0.3, 0.4) is 0 Å². The van der Waals surface area contributed by atoms with Gasteiger partial charge in [0.15, 0.2) is 0 Å². The Kier molecular flexibility index (Phi) is 7.36. The van der Waals surface area contributed by atoms with E-state index in [1.165, 1.54) is 6.07 Å². The normalized spacial score (nSPS) is 11.6. The quantitative estimate of drug-likeness (QED) is 0.204. The lowest BCUT2D eigenvalue weighted by molar-refractivity contribution is -0.137. The number of alkyl halides is 3. The molecule has 5 aromatic rings. The molecule has 0 bridgehead atoms. The summed E-state index contributed by atoms with van der Waals surface area (Å²) in [5, 5.41) is 17.1. The fraction of sp³-hybridized carbons (Fsp3) is 0.161. The Hall–Kier alpha value is -4.59. The van der Waals surface area contributed by atoms with E-state index in [1.54, 1.807) is 10.7 Å². The summed E-state index contributed by atoms with van der Waals surface area (Å²) < 4.78 is 43.0. The summed E-state index contributed by atoms with van der Waals surface area (Å²) in [6.45, 7) is 0.330. The third-order valence-electron chi connectivity index (χ3n) is 6.48. The van der Waals surface area contributed by atoms with Crippen LogP contribution in [0.2, 0.25) is 0 Å². The summed E-state index contributed by atoms with van der Waals surface area (Å²) in [7, 11) is 0. The van der Waals surface area contributed by atoms with Crippen LogP contribution in [0.4, 0.5) is 24.5 Å². The number of aryl methyl sites for hydroxylation is 1. The van der Waals surface area contributed by atoms with Crippen LogP contribution in [0.15, 0.2) is 97.1 Å². The van der Waals surface area contributed by atoms with E-state index in [1.807, 2.05) is 78.9 Å². The number of nitrogens with zero attached hydrogens (tertiary/aromatic N) is 2. The van der Waals surface area contributed by atoms with Gasteiger partial charge in [0.25, 0.3) is 0 Å². The predicted molar refractivity (Wildman–Crippen MR) is 146 cm³/mol. The first kappa shape index (κ1) is 26.0. The van der Waals surface area contributed by atoms with Crippen molar-refractivity contribution in [3.8, 4) is 11.3 Å². The van der Waals surface area contributed by atoms with Crippen LogP contribution in [0.25, 0.3) is 22.2 Å². The standard InChI is InChI=1S/C31H26F3N3O2/c32-31(33,34)27-13-6-12-26-29(27)36-37(20-22-7-2-1-3-8-22)30(26)23-15-17-24(18-16-23)35-25-11-4-9-21(19-25)10-5-14-28(38)39/h1-4,6-9,11-13,15-19,35H,5,10,14,20H2,(H,38,39). The number of aliphatic carboxylic acids is 1. The smallest absolute Gasteiger partial charge is 0.418 e. The number of halogens is 3. The van der Waals surface area contributed by atoms with Crippen molar-refractivity contribution < 1.29 is 23.1 Å². The maximum Gasteiger partial charge on any atom is 0.418 e. The molecule has 5 nitrogen and oxygen atoms in total. The zero-order valence-electron chi connectivity index (χ0n) is 20.9. The molecule has 0 fully saturated rings. The van der Waals surface area contributed by atoms with E-state index < -0.39 is 17.7 Å². The van der Waals surface area contributed by atoms with Gasteiger partial charge in [-0.15, -0.1) is 0 Å². The molecule has 0 aliphatic rings. The van der Waals surface area contributed by atoms with Crippen molar-refractivity contribution in [3.05, 3.63) is 114 Å². The van der Waals surface area contributed by atoms with Gasteiger partial charge in [-0.05, 0) is 54.3 Å². The van der Waals surface area contributed by atoms with Crippen molar-refractivity contribution in [1.82, 2.24) is 9.78 Å². The Morgan fingerprint density at radius 2 is 1.56 bits per heavy atom. The van der Waals surface area contributed by atoms with Crippen molar-refractivity contribution in [2.45, 2.75) is 32.0 Å². The third-order valence-corrected chi connectivity index (χ3v) is 6.48. The molecule has 0 spiro atoms. The van der Waals surface area contributed by atoms with Crippen molar-refractivity contribution in [2.75, 3.05) is 5.32 Å². The Balaban J connectivity index is 1.46. The van der Waals surface area contributed by atoms with E-state index >= 15 is 0 Å². The highest BCUT2D eigenvalue weighted by molar-refractivity contribution is 5.95. The molecular formula is C31H26F3N3O2. The molecule has 2 N–H and O–H groups in total. The maximum absolute atomic E-state index is 13.8. The van der Waals surface area contributed by atoms with Crippen LogP contribution < -0.4 is 5.32 Å². The number of hydrogen-bond acceptors (Lipinski definition) is 3. The second-order valence-electron chi connectivity index (χ2n) is 9.34. The minimum atomic E-state index is -4.52. The first-order chi connectivity index (χ1) is 18.8. The topological polar surface area (TPSA) is 67.2 Å². The molecule has 5 rings (SSSR count). The highest BCUT2D eigenvalue weighted by Gasteiger charge is 2.34. The number of hydrogen-bond donors (Lipinski definition) is 2. The summed E-state index contributed by atoms with van der Waals surface area (Å²) in [6, 6.07) is 29.0. The molecule has 0 atom stereocenters. The van der Waals surface area contributed by atoms with Gasteiger partial charge in [0, 0.05) is 28.7 Å². The number of benzene rings is 4. The first-order valence-corrected chi connectivity index (χ1v) is 12.6. The molecule has 4 aromatic carbocycles. The van der Waals surface area contributed by atoms with Crippen molar-refractivity contribution >= 4 is 28.2 Å². The minimum Gasteiger partial charge on any atom is -0.481 e. The van der Waals surface area contributed by atoms with Gasteiger partial charge in [0.05, 0.1) is 17.8 Å². The van der Waals surface area contributed by atoms with Gasteiger partial charge in [-0.3, -0.25) is 9.48 Å². The SMILES string of the molecule is O=C(O)CCCc1cccc(Nc2ccc(-c3c4cccc(C(F)(F)F)c4nn3Cc3ccccc3)cc2)c1. The summed E-state index contributed by atoms with van der Waals surface area (Å²) in [6.07, 6.45) is -3.16. The lowest BCUT2D eigenvalue weighted by atomic mass is 10.0. The molecule has 0 unspecified atom stereocenters. The number of anilines is 2. The van der Waals surface area contributed by atoms with Gasteiger partial charge < -0.3 is 10.4 Å². The van der Waals surface area contributed by atoms with Crippen LogP contribution in [0, 0.1) is 0 Å². The number of carboxylic acids is 1. The number of fused-ring (bicyclic) bond motifs is 1. The fourth-order valence-corrected chi connectivity index (χ4v) is 4.68. The largest absolute Gasteiger partial charge is 0.481 e. The molecule has 198 valence electrons. The number of carbonyl (C=O) groups is 1. The lowest BCUT2D eigenvalue weighted by Crippen LogP contribution is -2.06. The van der Waals surface area contributed by atoms with E-state index in [2.05, 4.69) is 10.4 Å². The van der Waals surface area contributed by atoms with E-state index in [0.717, 1.165) is 34.1 Å². The summed E-state index contributed by atoms with van der Waals surface area (Å²) in [5.74, 6) is -0.808. The van der Waals surface area contributed by atoms with Crippen molar-refractivity contribution in [2.24, 2.45) is 0 Å². The van der Waals surface area contributed by atoms with Crippen LogP contribution in [0.1, 0.15) is 29.5 Å². The molecule has 0 aliphatic heterocycles. The van der Waals surface area contributed by atoms with Gasteiger partial charge in [-0.25, -0.2) is 0 Å². The maximum atomic E-state index is 13.8. The summed E-state index contributed by atoms with van der Waals surface area (Å²) in [5.41, 5.74) is 4.19. The van der Waals surface area contributed by atoms with E-state index in [4.69, 9.17) is 5.11 Å². The van der Waals surface area contributed by atoms with Gasteiger partial charge >= 0.3 is 12.1 Å². The summed E-state index contributed by atoms with van der Waals surface area (Å²) in [4.78, 5) is 10.8. The molecular weight excluding hydrogens is 503 g/mol. The second kappa shape index (κ2) is 11.0. The highest BCUT2D eigenvalue weighted by Crippen LogP contribution is 2.38. The average Bonchev–Trinajstić information content (AvgIpc) is 3.27. The van der Waals surface area contributed by atoms with E-state index in [0.29, 0.717) is 30.5 Å². The Bertz CT molecular complexity index is 1590. The van der Waals surface area contributed by atoms with E-state index in [-0.39, 0.29) is 11.9 Å². The molecule has 8 heteroatoms. The second-order valence-corrected chi connectivity index (χ2v) is 9.34. The Morgan fingerprint density at radius 3 is 2.28 bits per heavy atom. The van der Waals surface area contributed by atoms with Crippen molar-refractivity contribution in [3.63, 3.8) is 0 Å². The first-order valence-electron chi connectivity index (χ1n) is 12.6. The molecule has 0 aliphatic carbocycles. The van der Waals surface area contributed by atoms with Crippen LogP contribution in [-0.2, 0) is 23.9 Å². The number of carboxylic acid groups (broad SMARTS) is 1. The monoisotopic (exact) mass is 529 g/mol. The highest BCUT2D eigenvalue weighted by atomic mass is 19.4. The zero-order valence-corrected chi connectivity index (χ0v) is 20.9. The van der Waals surface area contributed by atoms with Crippen molar-refractivity contribution in [1.29, 1.82) is 0 Å². The average molecular weight is 530 g/mol. The third kappa shape index (κ3) is 6.12. The molecule has 0 amide bonds. The molecule has 1 aromatic heterocycles. The van der Waals surface area contributed by atoms with Crippen LogP contribution in [-0.4, -0.2) is 20.9 Å². The number of nitrogens with one attached hydrogen (secondary N) is 1. The number of aromatic nitrogens is 2. The Morgan fingerprint density at radius 1 is 0.846 bits per heavy atom. The fourth-order valence-electron chi connectivity index (χ4n) is 4.68. The molecule has 0 radical (unpaired) electrons. The van der Waals surface area contributed by atoms with Gasteiger partial charge in [-0.2, -0.15) is 18.3 Å². The van der Waals surface area contributed by atoms with Gasteiger partial charge in [-0.1, -0.05) is 66.7 Å². The Labute approximate surface area is 223 Å². The minimum absolute atomic E-state index is 0.0714. The van der Waals surface area contributed by atoms with Crippen LogP contribution >= 0.6 is 0 Å². The summed E-state index contributed by atoms with van der Waals surface area (Å²) >= 11 is 0. The molecule has 0 saturated carbocycles. The van der Waals surface area contributed by atoms with Gasteiger partial charge in [0.2, 0.25) is 0 Å². The lowest BCUT2D eigenvalue weighted by Gasteiger charge is -2.11. The van der Waals surface area contributed by atoms with E-state index in [9.17, 15) is 18.0 Å². The van der Waals surface area contributed by atoms with Gasteiger partial charge in [0.1, 0.15) is 5.52 Å². The number of rotatable bonds is 9. The molecule has 0 saturated heterocycles. The zero-order chi connectivity index (χ0) is 27.4. The molecule has 1 heterocycles. The predicted octanol–water partition coefficient (Wildman–Crippen LogP) is 7.92. The molecule has 39 heavy (non-hydrogen) atoms. The van der Waals surface area contributed by atoms with Crippen LogP contribution in [0.5, 0.6) is 0 Å².